The Balaban J connectivity index is 2.31. The highest BCUT2D eigenvalue weighted by atomic mass is 35.5. The van der Waals surface area contributed by atoms with E-state index in [1.54, 1.807) is 19.1 Å². The van der Waals surface area contributed by atoms with Crippen LogP contribution in [0.15, 0.2) is 24.3 Å². The van der Waals surface area contributed by atoms with E-state index in [1.807, 2.05) is 0 Å². The van der Waals surface area contributed by atoms with Crippen molar-refractivity contribution in [3.63, 3.8) is 0 Å². The standard InChI is InChI=1S/C12H10Cl2FN3/c1-6-10(16)2-3-11(17-6)18-7-4-8(13)12(15)9(14)5-7/h2-5H,16H2,1H3,(H,17,18). The van der Waals surface area contributed by atoms with E-state index in [2.05, 4.69) is 10.3 Å². The summed E-state index contributed by atoms with van der Waals surface area (Å²) in [6.07, 6.45) is 0. The van der Waals surface area contributed by atoms with Gasteiger partial charge in [0.15, 0.2) is 5.82 Å². The molecule has 18 heavy (non-hydrogen) atoms. The van der Waals surface area contributed by atoms with Crippen LogP contribution in [0.2, 0.25) is 10.0 Å². The molecular formula is C12H10Cl2FN3. The molecule has 0 saturated carbocycles. The second-order valence-electron chi connectivity index (χ2n) is 3.75. The molecule has 0 bridgehead atoms. The fraction of sp³-hybridized carbons (Fsp3) is 0.0833. The van der Waals surface area contributed by atoms with Crippen molar-refractivity contribution in [3.8, 4) is 0 Å². The quantitative estimate of drug-likeness (QED) is 0.815. The van der Waals surface area contributed by atoms with E-state index in [9.17, 15) is 4.39 Å². The minimum atomic E-state index is -0.634. The number of rotatable bonds is 2. The van der Waals surface area contributed by atoms with Crippen molar-refractivity contribution < 1.29 is 4.39 Å². The fourth-order valence-electron chi connectivity index (χ4n) is 1.42. The molecule has 3 nitrogen and oxygen atoms in total. The van der Waals surface area contributed by atoms with Gasteiger partial charge in [0.1, 0.15) is 5.82 Å². The van der Waals surface area contributed by atoms with Crippen molar-refractivity contribution in [2.45, 2.75) is 6.92 Å². The molecule has 1 aromatic heterocycles. The Morgan fingerprint density at radius 1 is 1.22 bits per heavy atom. The van der Waals surface area contributed by atoms with Gasteiger partial charge in [-0.25, -0.2) is 9.37 Å². The molecule has 2 aromatic rings. The number of nitrogens with zero attached hydrogens (tertiary/aromatic N) is 1. The molecule has 0 unspecified atom stereocenters. The molecule has 2 rings (SSSR count). The lowest BCUT2D eigenvalue weighted by Gasteiger charge is -2.09. The summed E-state index contributed by atoms with van der Waals surface area (Å²) in [4.78, 5) is 4.23. The molecule has 1 heterocycles. The molecule has 0 saturated heterocycles. The van der Waals surface area contributed by atoms with Crippen LogP contribution in [-0.2, 0) is 0 Å². The van der Waals surface area contributed by atoms with Crippen LogP contribution in [0, 0.1) is 12.7 Å². The van der Waals surface area contributed by atoms with E-state index < -0.39 is 5.82 Å². The zero-order valence-electron chi connectivity index (χ0n) is 9.47. The highest BCUT2D eigenvalue weighted by molar-refractivity contribution is 6.35. The summed E-state index contributed by atoms with van der Waals surface area (Å²) in [7, 11) is 0. The molecule has 0 radical (unpaired) electrons. The van der Waals surface area contributed by atoms with Crippen molar-refractivity contribution in [2.75, 3.05) is 11.1 Å². The molecule has 1 aromatic carbocycles. The third kappa shape index (κ3) is 2.66. The average molecular weight is 286 g/mol. The largest absolute Gasteiger partial charge is 0.397 e. The molecule has 0 amide bonds. The van der Waals surface area contributed by atoms with Gasteiger partial charge in [-0.1, -0.05) is 23.2 Å². The number of aromatic nitrogens is 1. The van der Waals surface area contributed by atoms with E-state index in [4.69, 9.17) is 28.9 Å². The van der Waals surface area contributed by atoms with Crippen LogP contribution in [0.1, 0.15) is 5.69 Å². The van der Waals surface area contributed by atoms with Crippen molar-refractivity contribution in [2.24, 2.45) is 0 Å². The summed E-state index contributed by atoms with van der Waals surface area (Å²) in [6, 6.07) is 6.33. The molecular weight excluding hydrogens is 276 g/mol. The molecule has 0 spiro atoms. The fourth-order valence-corrected chi connectivity index (χ4v) is 1.90. The first-order chi connectivity index (χ1) is 8.47. The van der Waals surface area contributed by atoms with Gasteiger partial charge >= 0.3 is 0 Å². The van der Waals surface area contributed by atoms with Crippen LogP contribution in [-0.4, -0.2) is 4.98 Å². The summed E-state index contributed by atoms with van der Waals surface area (Å²) in [5.41, 5.74) is 7.54. The van der Waals surface area contributed by atoms with Crippen LogP contribution < -0.4 is 11.1 Å². The van der Waals surface area contributed by atoms with Crippen molar-refractivity contribution >= 4 is 40.4 Å². The molecule has 0 aliphatic heterocycles. The van der Waals surface area contributed by atoms with Gasteiger partial charge in [-0.05, 0) is 31.2 Å². The maximum absolute atomic E-state index is 13.2. The Labute approximate surface area is 114 Å². The predicted molar refractivity (Wildman–Crippen MR) is 73.1 cm³/mol. The molecule has 3 N–H and O–H groups in total. The number of halogens is 3. The normalized spacial score (nSPS) is 10.4. The molecule has 0 aliphatic carbocycles. The van der Waals surface area contributed by atoms with Crippen molar-refractivity contribution in [1.29, 1.82) is 0 Å². The summed E-state index contributed by atoms with van der Waals surface area (Å²) >= 11 is 11.4. The number of nitrogens with one attached hydrogen (secondary N) is 1. The zero-order chi connectivity index (χ0) is 13.3. The van der Waals surface area contributed by atoms with Gasteiger partial charge in [0, 0.05) is 5.69 Å². The number of nitrogen functional groups attached to an aromatic ring is 1. The Bertz CT molecular complexity index is 579. The smallest absolute Gasteiger partial charge is 0.160 e. The van der Waals surface area contributed by atoms with Crippen LogP contribution >= 0.6 is 23.2 Å². The Hall–Kier alpha value is -1.52. The van der Waals surface area contributed by atoms with Crippen molar-refractivity contribution in [1.82, 2.24) is 4.98 Å². The third-order valence-electron chi connectivity index (χ3n) is 2.38. The molecule has 0 aliphatic rings. The first-order valence-electron chi connectivity index (χ1n) is 5.12. The first-order valence-corrected chi connectivity index (χ1v) is 5.87. The van der Waals surface area contributed by atoms with Gasteiger partial charge in [0.2, 0.25) is 0 Å². The molecule has 6 heteroatoms. The lowest BCUT2D eigenvalue weighted by molar-refractivity contribution is 0.629. The van der Waals surface area contributed by atoms with Crippen molar-refractivity contribution in [3.05, 3.63) is 45.8 Å². The SMILES string of the molecule is Cc1nc(Nc2cc(Cl)c(F)c(Cl)c2)ccc1N. The topological polar surface area (TPSA) is 50.9 Å². The Morgan fingerprint density at radius 3 is 2.39 bits per heavy atom. The van der Waals surface area contributed by atoms with Gasteiger partial charge in [0.25, 0.3) is 0 Å². The number of pyridine rings is 1. The summed E-state index contributed by atoms with van der Waals surface area (Å²) in [5.74, 6) is -0.0502. The van der Waals surface area contributed by atoms with Gasteiger partial charge in [-0.3, -0.25) is 0 Å². The summed E-state index contributed by atoms with van der Waals surface area (Å²) < 4.78 is 13.2. The average Bonchev–Trinajstić information content (AvgIpc) is 2.31. The number of hydrogen-bond donors (Lipinski definition) is 2. The predicted octanol–water partition coefficient (Wildman–Crippen LogP) is 4.16. The van der Waals surface area contributed by atoms with Gasteiger partial charge in [-0.15, -0.1) is 0 Å². The highest BCUT2D eigenvalue weighted by Gasteiger charge is 2.08. The summed E-state index contributed by atoms with van der Waals surface area (Å²) in [6.45, 7) is 1.80. The summed E-state index contributed by atoms with van der Waals surface area (Å²) in [5, 5.41) is 2.89. The maximum atomic E-state index is 13.2. The number of benzene rings is 1. The highest BCUT2D eigenvalue weighted by Crippen LogP contribution is 2.28. The second-order valence-corrected chi connectivity index (χ2v) is 4.56. The number of aryl methyl sites for hydroxylation is 1. The monoisotopic (exact) mass is 285 g/mol. The Kier molecular flexibility index (Phi) is 3.59. The Morgan fingerprint density at radius 2 is 1.83 bits per heavy atom. The van der Waals surface area contributed by atoms with Crippen LogP contribution in [0.5, 0.6) is 0 Å². The molecule has 94 valence electrons. The van der Waals surface area contributed by atoms with Crippen LogP contribution in [0.4, 0.5) is 21.6 Å². The van der Waals surface area contributed by atoms with Gasteiger partial charge < -0.3 is 11.1 Å². The molecule has 0 atom stereocenters. The zero-order valence-corrected chi connectivity index (χ0v) is 11.0. The van der Waals surface area contributed by atoms with E-state index in [-0.39, 0.29) is 10.0 Å². The van der Waals surface area contributed by atoms with E-state index in [0.29, 0.717) is 22.9 Å². The van der Waals surface area contributed by atoms with E-state index in [0.717, 1.165) is 0 Å². The number of nitrogens with two attached hydrogens (primary N) is 1. The van der Waals surface area contributed by atoms with Gasteiger partial charge in [0.05, 0.1) is 21.4 Å². The van der Waals surface area contributed by atoms with E-state index in [1.165, 1.54) is 12.1 Å². The minimum Gasteiger partial charge on any atom is -0.397 e. The van der Waals surface area contributed by atoms with Crippen LogP contribution in [0.25, 0.3) is 0 Å². The third-order valence-corrected chi connectivity index (χ3v) is 2.93. The minimum absolute atomic E-state index is 0.0443. The lowest BCUT2D eigenvalue weighted by atomic mass is 10.3. The number of hydrogen-bond acceptors (Lipinski definition) is 3. The first kappa shape index (κ1) is 12.9. The van der Waals surface area contributed by atoms with Crippen LogP contribution in [0.3, 0.4) is 0 Å². The number of anilines is 3. The maximum Gasteiger partial charge on any atom is 0.160 e. The lowest BCUT2D eigenvalue weighted by Crippen LogP contribution is -1.98. The van der Waals surface area contributed by atoms with Gasteiger partial charge in [-0.2, -0.15) is 0 Å². The second kappa shape index (κ2) is 5.00. The molecule has 0 fully saturated rings. The van der Waals surface area contributed by atoms with E-state index >= 15 is 0 Å².